The number of carbonyl (C=O) groups excluding carboxylic acids is 1. The van der Waals surface area contributed by atoms with Crippen LogP contribution < -0.4 is 0 Å². The molecule has 1 aliphatic heterocycles. The lowest BCUT2D eigenvalue weighted by atomic mass is 9.93. The molecular formula is C16H25N3O. The van der Waals surface area contributed by atoms with Crippen molar-refractivity contribution in [2.24, 2.45) is 5.41 Å². The van der Waals surface area contributed by atoms with Crippen LogP contribution in [0.1, 0.15) is 40.5 Å². The zero-order valence-corrected chi connectivity index (χ0v) is 13.1. The molecule has 110 valence electrons. The molecule has 1 amide bonds. The Hall–Kier alpha value is -1.34. The van der Waals surface area contributed by atoms with E-state index in [0.29, 0.717) is 5.57 Å². The highest BCUT2D eigenvalue weighted by molar-refractivity contribution is 5.98. The van der Waals surface area contributed by atoms with Crippen LogP contribution in [0, 0.1) is 16.7 Å². The Labute approximate surface area is 122 Å². The van der Waals surface area contributed by atoms with E-state index in [4.69, 9.17) is 0 Å². The maximum atomic E-state index is 12.7. The van der Waals surface area contributed by atoms with Crippen molar-refractivity contribution in [1.82, 2.24) is 9.80 Å². The van der Waals surface area contributed by atoms with Crippen molar-refractivity contribution in [1.29, 1.82) is 5.26 Å². The van der Waals surface area contributed by atoms with Crippen LogP contribution in [0.5, 0.6) is 0 Å². The summed E-state index contributed by atoms with van der Waals surface area (Å²) < 4.78 is 0. The van der Waals surface area contributed by atoms with Crippen molar-refractivity contribution >= 4 is 5.91 Å². The number of nitriles is 1. The number of rotatable bonds is 2. The van der Waals surface area contributed by atoms with Gasteiger partial charge in [0, 0.05) is 19.6 Å². The van der Waals surface area contributed by atoms with E-state index in [1.54, 1.807) is 6.08 Å². The van der Waals surface area contributed by atoms with E-state index in [1.165, 1.54) is 0 Å². The molecule has 0 aromatic carbocycles. The molecule has 1 aliphatic carbocycles. The molecule has 1 heterocycles. The van der Waals surface area contributed by atoms with Crippen LogP contribution >= 0.6 is 0 Å². The van der Waals surface area contributed by atoms with Gasteiger partial charge in [0.2, 0.25) is 0 Å². The summed E-state index contributed by atoms with van der Waals surface area (Å²) in [4.78, 5) is 17.0. The summed E-state index contributed by atoms with van der Waals surface area (Å²) in [6.45, 7) is 11.9. The Morgan fingerprint density at radius 3 is 2.45 bits per heavy atom. The topological polar surface area (TPSA) is 47.3 Å². The molecular weight excluding hydrogens is 250 g/mol. The molecule has 0 N–H and O–H groups in total. The average molecular weight is 275 g/mol. The molecule has 2 aliphatic rings. The molecule has 4 nitrogen and oxygen atoms in total. The first-order chi connectivity index (χ1) is 9.31. The molecule has 2 rings (SSSR count). The number of piperazine rings is 1. The fourth-order valence-electron chi connectivity index (χ4n) is 2.94. The van der Waals surface area contributed by atoms with Gasteiger partial charge in [0.1, 0.15) is 11.6 Å². The molecule has 20 heavy (non-hydrogen) atoms. The highest BCUT2D eigenvalue weighted by Crippen LogP contribution is 2.44. The third-order valence-corrected chi connectivity index (χ3v) is 4.18. The van der Waals surface area contributed by atoms with Crippen molar-refractivity contribution in [2.45, 2.75) is 46.1 Å². The summed E-state index contributed by atoms with van der Waals surface area (Å²) in [5, 5.41) is 9.30. The third kappa shape index (κ3) is 3.04. The van der Waals surface area contributed by atoms with Crippen molar-refractivity contribution in [3.05, 3.63) is 11.6 Å². The van der Waals surface area contributed by atoms with Gasteiger partial charge in [-0.1, -0.05) is 33.8 Å². The number of hydrogen-bond donors (Lipinski definition) is 0. The third-order valence-electron chi connectivity index (χ3n) is 4.18. The molecule has 0 unspecified atom stereocenters. The quantitative estimate of drug-likeness (QED) is 0.573. The normalized spacial score (nSPS) is 22.8. The van der Waals surface area contributed by atoms with Crippen molar-refractivity contribution < 1.29 is 4.79 Å². The molecule has 0 atom stereocenters. The number of hydrogen-bond acceptors (Lipinski definition) is 3. The maximum Gasteiger partial charge on any atom is 0.264 e. The molecule has 2 fully saturated rings. The van der Waals surface area contributed by atoms with Crippen LogP contribution in [0.25, 0.3) is 0 Å². The Kier molecular flexibility index (Phi) is 3.93. The Morgan fingerprint density at radius 2 is 2.00 bits per heavy atom. The summed E-state index contributed by atoms with van der Waals surface area (Å²) in [6.07, 6.45) is 3.95. The maximum absolute atomic E-state index is 12.7. The Morgan fingerprint density at radius 1 is 1.35 bits per heavy atom. The van der Waals surface area contributed by atoms with E-state index >= 15 is 0 Å². The van der Waals surface area contributed by atoms with E-state index < -0.39 is 0 Å². The largest absolute Gasteiger partial charge is 0.330 e. The van der Waals surface area contributed by atoms with E-state index in [-0.39, 0.29) is 16.9 Å². The first kappa shape index (κ1) is 15.1. The molecule has 0 bridgehead atoms. The molecule has 1 saturated carbocycles. The minimum atomic E-state index is -0.150. The van der Waals surface area contributed by atoms with Crippen LogP contribution in [-0.4, -0.2) is 47.4 Å². The van der Waals surface area contributed by atoms with Gasteiger partial charge in [-0.05, 0) is 24.8 Å². The molecule has 0 radical (unpaired) electrons. The van der Waals surface area contributed by atoms with Gasteiger partial charge in [-0.15, -0.1) is 0 Å². The lowest BCUT2D eigenvalue weighted by molar-refractivity contribution is -0.132. The number of amides is 1. The van der Waals surface area contributed by atoms with Crippen molar-refractivity contribution in [2.75, 3.05) is 26.2 Å². The smallest absolute Gasteiger partial charge is 0.264 e. The van der Waals surface area contributed by atoms with Crippen LogP contribution in [0.3, 0.4) is 0 Å². The second-order valence-corrected chi connectivity index (χ2v) is 7.09. The van der Waals surface area contributed by atoms with Gasteiger partial charge in [-0.3, -0.25) is 9.69 Å². The summed E-state index contributed by atoms with van der Waals surface area (Å²) >= 11 is 0. The van der Waals surface area contributed by atoms with E-state index in [1.807, 2.05) is 25.7 Å². The van der Waals surface area contributed by atoms with Crippen LogP contribution in [0.15, 0.2) is 11.6 Å². The molecule has 0 aromatic heterocycles. The second-order valence-electron chi connectivity index (χ2n) is 7.09. The molecule has 4 heteroatoms. The van der Waals surface area contributed by atoms with Crippen LogP contribution in [-0.2, 0) is 4.79 Å². The lowest BCUT2D eigenvalue weighted by Gasteiger charge is -2.42. The van der Waals surface area contributed by atoms with Gasteiger partial charge in [0.05, 0.1) is 5.54 Å². The van der Waals surface area contributed by atoms with Gasteiger partial charge in [-0.25, -0.2) is 0 Å². The number of allylic oxidation sites excluding steroid dienone is 1. The molecule has 1 spiro atoms. The minimum Gasteiger partial charge on any atom is -0.330 e. The first-order valence-corrected chi connectivity index (χ1v) is 7.48. The zero-order valence-electron chi connectivity index (χ0n) is 13.1. The zero-order chi connectivity index (χ0) is 15.0. The Bertz CT molecular complexity index is 463. The average Bonchev–Trinajstić information content (AvgIpc) is 3.14. The van der Waals surface area contributed by atoms with E-state index in [2.05, 4.69) is 17.9 Å². The van der Waals surface area contributed by atoms with Gasteiger partial charge >= 0.3 is 0 Å². The summed E-state index contributed by atoms with van der Waals surface area (Å²) in [6, 6.07) is 2.10. The van der Waals surface area contributed by atoms with Crippen LogP contribution in [0.2, 0.25) is 0 Å². The number of likely N-dealkylation sites (N-methyl/N-ethyl adjacent to an activating group) is 1. The van der Waals surface area contributed by atoms with Gasteiger partial charge in [0.15, 0.2) is 0 Å². The molecule has 1 saturated heterocycles. The first-order valence-electron chi connectivity index (χ1n) is 7.48. The van der Waals surface area contributed by atoms with Crippen LogP contribution in [0.4, 0.5) is 0 Å². The lowest BCUT2D eigenvalue weighted by Crippen LogP contribution is -2.57. The number of carbonyl (C=O) groups is 1. The predicted molar refractivity (Wildman–Crippen MR) is 78.9 cm³/mol. The fraction of sp³-hybridized carbons (Fsp3) is 0.750. The standard InChI is InChI=1S/C16H25N3O/c1-5-18-8-9-19(16(12-18)6-7-16)14(20)13(11-17)10-15(2,3)4/h10H,5-9,12H2,1-4H3/b13-10+. The fourth-order valence-corrected chi connectivity index (χ4v) is 2.94. The minimum absolute atomic E-state index is 0.0131. The molecule has 0 aromatic rings. The SMILES string of the molecule is CCN1CCN(C(=O)/C(C#N)=C/C(C)(C)C)C2(CC2)C1. The monoisotopic (exact) mass is 275 g/mol. The predicted octanol–water partition coefficient (Wildman–Crippen LogP) is 2.18. The van der Waals surface area contributed by atoms with E-state index in [0.717, 1.165) is 39.0 Å². The Balaban J connectivity index is 2.18. The number of nitrogens with zero attached hydrogens (tertiary/aromatic N) is 3. The summed E-state index contributed by atoms with van der Waals surface area (Å²) in [5.74, 6) is -0.0734. The van der Waals surface area contributed by atoms with Crippen molar-refractivity contribution in [3.8, 4) is 6.07 Å². The van der Waals surface area contributed by atoms with Gasteiger partial charge in [0.25, 0.3) is 5.91 Å². The summed E-state index contributed by atoms with van der Waals surface area (Å²) in [5.41, 5.74) is 0.163. The van der Waals surface area contributed by atoms with Gasteiger partial charge < -0.3 is 4.90 Å². The highest BCUT2D eigenvalue weighted by Gasteiger charge is 2.53. The van der Waals surface area contributed by atoms with Gasteiger partial charge in [-0.2, -0.15) is 5.26 Å². The summed E-state index contributed by atoms with van der Waals surface area (Å²) in [7, 11) is 0. The second kappa shape index (κ2) is 5.21. The van der Waals surface area contributed by atoms with Crippen molar-refractivity contribution in [3.63, 3.8) is 0 Å². The van der Waals surface area contributed by atoms with E-state index in [9.17, 15) is 10.1 Å². The highest BCUT2D eigenvalue weighted by atomic mass is 16.2.